The van der Waals surface area contributed by atoms with E-state index in [4.69, 9.17) is 0 Å². The number of fused-ring (bicyclic) bond motifs is 1. The maximum atomic E-state index is 12.3. The number of halogens is 1. The lowest BCUT2D eigenvalue weighted by molar-refractivity contribution is 0.101. The smallest absolute Gasteiger partial charge is 0.184 e. The second-order valence-corrected chi connectivity index (χ2v) is 5.89. The molecule has 2 N–H and O–H groups in total. The van der Waals surface area contributed by atoms with Crippen molar-refractivity contribution in [3.63, 3.8) is 0 Å². The Bertz CT molecular complexity index is 759. The van der Waals surface area contributed by atoms with Crippen LogP contribution >= 0.6 is 35.3 Å². The van der Waals surface area contributed by atoms with E-state index >= 15 is 0 Å². The fourth-order valence-electron chi connectivity index (χ4n) is 2.10. The van der Waals surface area contributed by atoms with E-state index in [1.807, 2.05) is 38.1 Å². The Hall–Kier alpha value is -1.41. The minimum atomic E-state index is 0. The fourth-order valence-corrected chi connectivity index (χ4v) is 2.91. The number of anilines is 1. The number of aryl methyl sites for hydroxylation is 2. The molecule has 3 rings (SSSR count). The van der Waals surface area contributed by atoms with Crippen LogP contribution in [-0.2, 0) is 0 Å². The number of para-hydroxylation sites is 1. The number of carbonyl (C=O) groups excluding carboxylic acids is 1. The minimum Gasteiger partial charge on any atom is -0.360 e. The number of thiazole rings is 1. The third-order valence-electron chi connectivity index (χ3n) is 3.32. The molecule has 0 saturated carbocycles. The zero-order chi connectivity index (χ0) is 14.1. The Morgan fingerprint density at radius 3 is 2.81 bits per heavy atom. The van der Waals surface area contributed by atoms with Gasteiger partial charge in [-0.05, 0) is 19.9 Å². The van der Waals surface area contributed by atoms with Gasteiger partial charge < -0.3 is 10.3 Å². The number of H-pyrrole nitrogens is 1. The van der Waals surface area contributed by atoms with Crippen LogP contribution in [0, 0.1) is 13.8 Å². The second-order valence-electron chi connectivity index (χ2n) is 4.69. The molecule has 0 unspecified atom stereocenters. The van der Waals surface area contributed by atoms with Crippen molar-refractivity contribution in [3.05, 3.63) is 46.6 Å². The van der Waals surface area contributed by atoms with E-state index in [-0.39, 0.29) is 36.3 Å². The highest BCUT2D eigenvalue weighted by Crippen LogP contribution is 2.22. The molecule has 2 heterocycles. The number of aromatic amines is 1. The fraction of sp³-hybridized carbons (Fsp3) is 0.200. The van der Waals surface area contributed by atoms with Crippen LogP contribution in [0.2, 0.25) is 0 Å². The van der Waals surface area contributed by atoms with Gasteiger partial charge in [-0.2, -0.15) is 0 Å². The molecule has 0 aliphatic carbocycles. The Morgan fingerprint density at radius 2 is 2.10 bits per heavy atom. The lowest BCUT2D eigenvalue weighted by Gasteiger charge is -2.01. The highest BCUT2D eigenvalue weighted by molar-refractivity contribution is 14.0. The molecule has 2 aromatic heterocycles. The predicted molar refractivity (Wildman–Crippen MR) is 98.1 cm³/mol. The molecule has 0 saturated heterocycles. The maximum Gasteiger partial charge on any atom is 0.184 e. The molecule has 0 fully saturated rings. The summed E-state index contributed by atoms with van der Waals surface area (Å²) in [5, 5.41) is 4.87. The summed E-state index contributed by atoms with van der Waals surface area (Å²) in [6.45, 7) is 4.26. The van der Waals surface area contributed by atoms with Gasteiger partial charge in [0.2, 0.25) is 0 Å². The van der Waals surface area contributed by atoms with E-state index in [0.29, 0.717) is 0 Å². The van der Waals surface area contributed by atoms with Gasteiger partial charge in [0.1, 0.15) is 0 Å². The molecular formula is C15H16IN3OS. The summed E-state index contributed by atoms with van der Waals surface area (Å²) in [4.78, 5) is 20.9. The summed E-state index contributed by atoms with van der Waals surface area (Å²) in [6, 6.07) is 7.81. The van der Waals surface area contributed by atoms with Crippen molar-refractivity contribution in [2.75, 3.05) is 11.9 Å². The number of nitrogens with zero attached hydrogens (tertiary/aromatic N) is 1. The third-order valence-corrected chi connectivity index (χ3v) is 4.35. The lowest BCUT2D eigenvalue weighted by atomic mass is 10.1. The quantitative estimate of drug-likeness (QED) is 0.499. The zero-order valence-corrected chi connectivity index (χ0v) is 14.9. The molecule has 0 bridgehead atoms. The van der Waals surface area contributed by atoms with Gasteiger partial charge in [0.15, 0.2) is 10.9 Å². The summed E-state index contributed by atoms with van der Waals surface area (Å²) < 4.78 is 0. The normalized spacial score (nSPS) is 10.4. The minimum absolute atomic E-state index is 0. The van der Waals surface area contributed by atoms with Crippen molar-refractivity contribution < 1.29 is 4.79 Å². The summed E-state index contributed by atoms with van der Waals surface area (Å²) >= 11 is 1.57. The maximum absolute atomic E-state index is 12.3. The van der Waals surface area contributed by atoms with Gasteiger partial charge in [0.05, 0.1) is 12.2 Å². The Labute approximate surface area is 144 Å². The van der Waals surface area contributed by atoms with Crippen LogP contribution < -0.4 is 5.32 Å². The van der Waals surface area contributed by atoms with Gasteiger partial charge in [0.25, 0.3) is 0 Å². The standard InChI is InChI=1S/C15H15N3OS.HI/c1-9-10(2)20-15(18-9)17-8-14(19)12-7-16-13-6-4-3-5-11(12)13;/h3-7,16H,8H2,1-2H3,(H,17,18);1H. The number of hydrogen-bond donors (Lipinski definition) is 2. The lowest BCUT2D eigenvalue weighted by Crippen LogP contribution is -2.13. The summed E-state index contributed by atoms with van der Waals surface area (Å²) in [7, 11) is 0. The number of Topliss-reactive ketones (excluding diaryl/α,β-unsaturated/α-hetero) is 1. The SMILES string of the molecule is Cc1nc(NCC(=O)c2c[nH]c3ccccc23)sc1C.I. The van der Waals surface area contributed by atoms with E-state index in [0.717, 1.165) is 27.3 Å². The van der Waals surface area contributed by atoms with Crippen LogP contribution in [0.25, 0.3) is 10.9 Å². The first kappa shape index (κ1) is 16.0. The molecule has 0 radical (unpaired) electrons. The topological polar surface area (TPSA) is 57.8 Å². The van der Waals surface area contributed by atoms with E-state index < -0.39 is 0 Å². The molecule has 0 amide bonds. The van der Waals surface area contributed by atoms with Crippen LogP contribution in [0.1, 0.15) is 20.9 Å². The molecule has 21 heavy (non-hydrogen) atoms. The average Bonchev–Trinajstić information content (AvgIpc) is 3.00. The number of nitrogens with one attached hydrogen (secondary N) is 2. The molecule has 3 aromatic rings. The average molecular weight is 413 g/mol. The first-order chi connectivity index (χ1) is 9.65. The van der Waals surface area contributed by atoms with Crippen molar-refractivity contribution >= 4 is 57.1 Å². The number of aromatic nitrogens is 2. The van der Waals surface area contributed by atoms with Gasteiger partial charge in [-0.1, -0.05) is 18.2 Å². The largest absolute Gasteiger partial charge is 0.360 e. The molecule has 4 nitrogen and oxygen atoms in total. The molecule has 0 spiro atoms. The summed E-state index contributed by atoms with van der Waals surface area (Å²) in [5.41, 5.74) is 2.71. The Morgan fingerprint density at radius 1 is 1.33 bits per heavy atom. The Kier molecular flexibility index (Phi) is 5.00. The van der Waals surface area contributed by atoms with Crippen molar-refractivity contribution in [2.45, 2.75) is 13.8 Å². The van der Waals surface area contributed by atoms with Crippen molar-refractivity contribution in [3.8, 4) is 0 Å². The van der Waals surface area contributed by atoms with Crippen LogP contribution in [0.5, 0.6) is 0 Å². The van der Waals surface area contributed by atoms with Crippen molar-refractivity contribution in [1.29, 1.82) is 0 Å². The number of carbonyl (C=O) groups is 1. The van der Waals surface area contributed by atoms with Crippen LogP contribution in [0.3, 0.4) is 0 Å². The highest BCUT2D eigenvalue weighted by Gasteiger charge is 2.12. The van der Waals surface area contributed by atoms with Crippen LogP contribution in [0.4, 0.5) is 5.13 Å². The molecule has 0 atom stereocenters. The van der Waals surface area contributed by atoms with Gasteiger partial charge in [0, 0.05) is 27.5 Å². The van der Waals surface area contributed by atoms with Gasteiger partial charge in [-0.3, -0.25) is 4.79 Å². The monoisotopic (exact) mass is 413 g/mol. The highest BCUT2D eigenvalue weighted by atomic mass is 127. The van der Waals surface area contributed by atoms with E-state index in [1.54, 1.807) is 17.5 Å². The number of benzene rings is 1. The molecule has 0 aliphatic rings. The summed E-state index contributed by atoms with van der Waals surface area (Å²) in [5.74, 6) is 0.0629. The Balaban J connectivity index is 0.00000161. The van der Waals surface area contributed by atoms with Crippen molar-refractivity contribution in [2.24, 2.45) is 0 Å². The zero-order valence-electron chi connectivity index (χ0n) is 11.8. The number of hydrogen-bond acceptors (Lipinski definition) is 4. The number of rotatable bonds is 4. The third kappa shape index (κ3) is 3.26. The molecular weight excluding hydrogens is 397 g/mol. The predicted octanol–water partition coefficient (Wildman–Crippen LogP) is 4.15. The van der Waals surface area contributed by atoms with E-state index in [2.05, 4.69) is 15.3 Å². The molecule has 6 heteroatoms. The first-order valence-electron chi connectivity index (χ1n) is 6.42. The van der Waals surface area contributed by atoms with Crippen molar-refractivity contribution in [1.82, 2.24) is 9.97 Å². The number of ketones is 1. The van der Waals surface area contributed by atoms with Gasteiger partial charge in [-0.15, -0.1) is 35.3 Å². The van der Waals surface area contributed by atoms with Gasteiger partial charge >= 0.3 is 0 Å². The van der Waals surface area contributed by atoms with E-state index in [9.17, 15) is 4.79 Å². The van der Waals surface area contributed by atoms with Crippen LogP contribution in [-0.4, -0.2) is 22.3 Å². The van der Waals surface area contributed by atoms with Crippen LogP contribution in [0.15, 0.2) is 30.5 Å². The molecule has 0 aliphatic heterocycles. The molecule has 110 valence electrons. The first-order valence-corrected chi connectivity index (χ1v) is 7.24. The second kappa shape index (κ2) is 6.57. The summed E-state index contributed by atoms with van der Waals surface area (Å²) in [6.07, 6.45) is 1.77. The van der Waals surface area contributed by atoms with E-state index in [1.165, 1.54) is 4.88 Å². The van der Waals surface area contributed by atoms with Gasteiger partial charge in [-0.25, -0.2) is 4.98 Å². The molecule has 1 aromatic carbocycles.